The molecule has 0 aliphatic heterocycles. The van der Waals surface area contributed by atoms with E-state index in [-0.39, 0.29) is 23.6 Å². The van der Waals surface area contributed by atoms with Crippen molar-refractivity contribution in [3.8, 4) is 5.75 Å². The molecule has 154 valence electrons. The Hall–Kier alpha value is -1.76. The smallest absolute Gasteiger partial charge is 0.306 e. The third kappa shape index (κ3) is 6.72. The van der Waals surface area contributed by atoms with Crippen LogP contribution < -0.4 is 9.08 Å². The molecular formula is C20H34N2O4S. The van der Waals surface area contributed by atoms with Crippen molar-refractivity contribution in [3.05, 3.63) is 23.8 Å². The van der Waals surface area contributed by atoms with Crippen LogP contribution in [0.3, 0.4) is 0 Å². The highest BCUT2D eigenvalue weighted by molar-refractivity contribution is 7.86. The second kappa shape index (κ2) is 9.97. The lowest BCUT2D eigenvalue weighted by Crippen LogP contribution is -2.40. The van der Waals surface area contributed by atoms with Crippen LogP contribution in [0.15, 0.2) is 18.2 Å². The van der Waals surface area contributed by atoms with Gasteiger partial charge in [-0.1, -0.05) is 26.8 Å². The van der Waals surface area contributed by atoms with Crippen molar-refractivity contribution >= 4 is 21.7 Å². The summed E-state index contributed by atoms with van der Waals surface area (Å²) in [5.41, 5.74) is 1.58. The number of nitrogens with zero attached hydrogens (tertiary/aromatic N) is 2. The molecule has 0 aliphatic rings. The molecule has 1 rings (SSSR count). The molecule has 1 aromatic carbocycles. The number of amides is 1. The van der Waals surface area contributed by atoms with Crippen molar-refractivity contribution < 1.29 is 17.4 Å². The second-order valence-corrected chi connectivity index (χ2v) is 8.70. The minimum atomic E-state index is -3.68. The molecule has 7 heteroatoms. The van der Waals surface area contributed by atoms with Crippen molar-refractivity contribution in [1.29, 1.82) is 0 Å². The lowest BCUT2D eigenvalue weighted by Gasteiger charge is -2.31. The van der Waals surface area contributed by atoms with Crippen LogP contribution in [-0.2, 0) is 21.5 Å². The molecular weight excluding hydrogens is 364 g/mol. The van der Waals surface area contributed by atoms with Gasteiger partial charge in [0.1, 0.15) is 5.75 Å². The van der Waals surface area contributed by atoms with Crippen LogP contribution in [0, 0.1) is 5.92 Å². The molecule has 0 aromatic heterocycles. The van der Waals surface area contributed by atoms with E-state index in [2.05, 4.69) is 4.90 Å². The Morgan fingerprint density at radius 3 is 2.15 bits per heavy atom. The summed E-state index contributed by atoms with van der Waals surface area (Å²) in [6.45, 7) is 13.8. The molecule has 27 heavy (non-hydrogen) atoms. The zero-order valence-corrected chi connectivity index (χ0v) is 18.5. The van der Waals surface area contributed by atoms with E-state index in [0.717, 1.165) is 31.5 Å². The number of benzene rings is 1. The number of carbonyl (C=O) groups is 1. The van der Waals surface area contributed by atoms with Gasteiger partial charge in [0.25, 0.3) is 0 Å². The van der Waals surface area contributed by atoms with Gasteiger partial charge in [-0.2, -0.15) is 8.42 Å². The maximum Gasteiger partial charge on any atom is 0.306 e. The summed E-state index contributed by atoms with van der Waals surface area (Å²) in [6, 6.07) is 5.61. The highest BCUT2D eigenvalue weighted by atomic mass is 32.2. The lowest BCUT2D eigenvalue weighted by atomic mass is 10.1. The minimum absolute atomic E-state index is 0.0440. The standard InChI is InChI=1S/C20H34N2O4S/c1-8-16(6)22(20(23)15(4)5)14-17-11-12-18(21(9-2)10-3)13-19(17)26-27(7,24)25/h11-13,15-16H,8-10,14H2,1-7H3. The molecule has 1 unspecified atom stereocenters. The summed E-state index contributed by atoms with van der Waals surface area (Å²) in [5, 5.41) is 0. The molecule has 1 amide bonds. The first-order chi connectivity index (χ1) is 12.5. The highest BCUT2D eigenvalue weighted by Crippen LogP contribution is 2.29. The van der Waals surface area contributed by atoms with Gasteiger partial charge in [0.2, 0.25) is 5.91 Å². The van der Waals surface area contributed by atoms with E-state index in [1.807, 2.05) is 53.7 Å². The second-order valence-electron chi connectivity index (χ2n) is 7.13. The van der Waals surface area contributed by atoms with Crippen LogP contribution in [0.4, 0.5) is 5.69 Å². The van der Waals surface area contributed by atoms with Gasteiger partial charge in [0.15, 0.2) is 0 Å². The van der Waals surface area contributed by atoms with Gasteiger partial charge in [0.05, 0.1) is 6.26 Å². The van der Waals surface area contributed by atoms with E-state index >= 15 is 0 Å². The predicted molar refractivity (Wildman–Crippen MR) is 111 cm³/mol. The van der Waals surface area contributed by atoms with Gasteiger partial charge in [-0.3, -0.25) is 4.79 Å². The molecule has 6 nitrogen and oxygen atoms in total. The zero-order valence-electron chi connectivity index (χ0n) is 17.7. The van der Waals surface area contributed by atoms with Crippen LogP contribution in [0.2, 0.25) is 0 Å². The first-order valence-corrected chi connectivity index (χ1v) is 11.4. The van der Waals surface area contributed by atoms with E-state index in [9.17, 15) is 13.2 Å². The fraction of sp³-hybridized carbons (Fsp3) is 0.650. The molecule has 0 spiro atoms. The van der Waals surface area contributed by atoms with E-state index in [1.165, 1.54) is 0 Å². The lowest BCUT2D eigenvalue weighted by molar-refractivity contribution is -0.137. The molecule has 0 N–H and O–H groups in total. The highest BCUT2D eigenvalue weighted by Gasteiger charge is 2.24. The number of carbonyl (C=O) groups excluding carboxylic acids is 1. The molecule has 0 saturated heterocycles. The normalized spacial score (nSPS) is 12.7. The summed E-state index contributed by atoms with van der Waals surface area (Å²) >= 11 is 0. The van der Waals surface area contributed by atoms with E-state index in [1.54, 1.807) is 11.0 Å². The van der Waals surface area contributed by atoms with Crippen LogP contribution in [0.5, 0.6) is 5.75 Å². The summed E-state index contributed by atoms with van der Waals surface area (Å²) in [4.78, 5) is 16.6. The Bertz CT molecular complexity index is 727. The Morgan fingerprint density at radius 1 is 1.11 bits per heavy atom. The van der Waals surface area contributed by atoms with Crippen molar-refractivity contribution in [1.82, 2.24) is 4.90 Å². The number of anilines is 1. The van der Waals surface area contributed by atoms with Crippen molar-refractivity contribution in [2.75, 3.05) is 24.2 Å². The predicted octanol–water partition coefficient (Wildman–Crippen LogP) is 3.65. The molecule has 1 aromatic rings. The molecule has 0 fully saturated rings. The SMILES string of the molecule is CCC(C)N(Cc1ccc(N(CC)CC)cc1OS(C)(=O)=O)C(=O)C(C)C. The Balaban J connectivity index is 3.36. The van der Waals surface area contributed by atoms with Crippen molar-refractivity contribution in [2.24, 2.45) is 5.92 Å². The average molecular weight is 399 g/mol. The third-order valence-electron chi connectivity index (χ3n) is 4.66. The molecule has 0 radical (unpaired) electrons. The van der Waals surface area contributed by atoms with Gasteiger partial charge in [0, 0.05) is 48.9 Å². The molecule has 0 aliphatic carbocycles. The monoisotopic (exact) mass is 398 g/mol. The van der Waals surface area contributed by atoms with Crippen molar-refractivity contribution in [3.63, 3.8) is 0 Å². The average Bonchev–Trinajstić information content (AvgIpc) is 2.59. The van der Waals surface area contributed by atoms with Gasteiger partial charge in [-0.05, 0) is 33.3 Å². The van der Waals surface area contributed by atoms with E-state index in [0.29, 0.717) is 12.1 Å². The maximum absolute atomic E-state index is 12.7. The van der Waals surface area contributed by atoms with Crippen LogP contribution >= 0.6 is 0 Å². The molecule has 0 saturated carbocycles. The number of hydrogen-bond acceptors (Lipinski definition) is 5. The Labute approximate surface area is 164 Å². The third-order valence-corrected chi connectivity index (χ3v) is 5.14. The summed E-state index contributed by atoms with van der Waals surface area (Å²) in [7, 11) is -3.68. The van der Waals surface area contributed by atoms with E-state index in [4.69, 9.17) is 4.18 Å². The summed E-state index contributed by atoms with van der Waals surface area (Å²) < 4.78 is 28.8. The largest absolute Gasteiger partial charge is 0.382 e. The van der Waals surface area contributed by atoms with E-state index < -0.39 is 10.1 Å². The van der Waals surface area contributed by atoms with Gasteiger partial charge >= 0.3 is 10.1 Å². The molecule has 1 atom stereocenters. The van der Waals surface area contributed by atoms with Gasteiger partial charge < -0.3 is 14.0 Å². The Morgan fingerprint density at radius 2 is 1.70 bits per heavy atom. The van der Waals surface area contributed by atoms with Crippen molar-refractivity contribution in [2.45, 2.75) is 60.5 Å². The summed E-state index contributed by atoms with van der Waals surface area (Å²) in [5.74, 6) is 0.197. The van der Waals surface area contributed by atoms with Gasteiger partial charge in [-0.25, -0.2) is 0 Å². The Kier molecular flexibility index (Phi) is 8.59. The maximum atomic E-state index is 12.7. The fourth-order valence-electron chi connectivity index (χ4n) is 2.89. The zero-order chi connectivity index (χ0) is 20.8. The first kappa shape index (κ1) is 23.3. The molecule has 0 heterocycles. The summed E-state index contributed by atoms with van der Waals surface area (Å²) in [6.07, 6.45) is 1.85. The molecule has 0 bridgehead atoms. The fourth-order valence-corrected chi connectivity index (χ4v) is 3.37. The number of rotatable bonds is 10. The minimum Gasteiger partial charge on any atom is -0.382 e. The topological polar surface area (TPSA) is 66.9 Å². The number of hydrogen-bond donors (Lipinski definition) is 0. The van der Waals surface area contributed by atoms with Crippen LogP contribution in [0.25, 0.3) is 0 Å². The van der Waals surface area contributed by atoms with Crippen LogP contribution in [-0.4, -0.2) is 44.6 Å². The van der Waals surface area contributed by atoms with Gasteiger partial charge in [-0.15, -0.1) is 0 Å². The van der Waals surface area contributed by atoms with Crippen LogP contribution in [0.1, 0.15) is 53.5 Å². The quantitative estimate of drug-likeness (QED) is 0.563. The first-order valence-electron chi connectivity index (χ1n) is 9.61.